The van der Waals surface area contributed by atoms with Crippen molar-refractivity contribution in [3.05, 3.63) is 119 Å². The van der Waals surface area contributed by atoms with E-state index in [1.54, 1.807) is 66.6 Å². The minimum atomic E-state index is -0.480. The number of rotatable bonds is 18. The molecule has 0 aliphatic heterocycles. The lowest BCUT2D eigenvalue weighted by atomic mass is 10.1. The van der Waals surface area contributed by atoms with E-state index in [1.807, 2.05) is 49.4 Å². The molecule has 10 nitrogen and oxygen atoms in total. The van der Waals surface area contributed by atoms with Crippen molar-refractivity contribution in [3.63, 3.8) is 0 Å². The van der Waals surface area contributed by atoms with Gasteiger partial charge >= 0.3 is 5.97 Å². The Hall–Kier alpha value is -5.64. The molecule has 4 rings (SSSR count). The molecule has 0 aliphatic rings. The molecule has 0 unspecified atom stereocenters. The summed E-state index contributed by atoms with van der Waals surface area (Å²) in [6.45, 7) is 5.33. The Morgan fingerprint density at radius 3 is 2.02 bits per heavy atom. The van der Waals surface area contributed by atoms with Gasteiger partial charge in [0.15, 0.2) is 0 Å². The van der Waals surface area contributed by atoms with Gasteiger partial charge in [0.25, 0.3) is 12.4 Å². The van der Waals surface area contributed by atoms with Crippen molar-refractivity contribution in [1.82, 2.24) is 4.90 Å². The Bertz CT molecular complexity index is 1650. The molecular formula is C41H48N2O8. The van der Waals surface area contributed by atoms with Crippen molar-refractivity contribution < 1.29 is 38.5 Å². The molecule has 10 heteroatoms. The third kappa shape index (κ3) is 13.7. The molecule has 0 aromatic heterocycles. The van der Waals surface area contributed by atoms with Crippen molar-refractivity contribution >= 4 is 29.9 Å². The van der Waals surface area contributed by atoms with Crippen LogP contribution in [0.15, 0.2) is 97.1 Å². The summed E-state index contributed by atoms with van der Waals surface area (Å²) in [4.78, 5) is 48.9. The second-order valence-electron chi connectivity index (χ2n) is 11.7. The van der Waals surface area contributed by atoms with Gasteiger partial charge in [0, 0.05) is 24.3 Å². The largest absolute Gasteiger partial charge is 0.497 e. The number of hydrogen-bond donors (Lipinski definition) is 2. The summed E-state index contributed by atoms with van der Waals surface area (Å²) >= 11 is 0. The van der Waals surface area contributed by atoms with Crippen LogP contribution >= 0.6 is 0 Å². The maximum absolute atomic E-state index is 13.3. The van der Waals surface area contributed by atoms with Crippen molar-refractivity contribution in [1.29, 1.82) is 0 Å². The van der Waals surface area contributed by atoms with Gasteiger partial charge in [-0.2, -0.15) is 0 Å². The number of nitrogens with one attached hydrogen (secondary N) is 1. The molecule has 0 fully saturated rings. The predicted molar refractivity (Wildman–Crippen MR) is 198 cm³/mol. The maximum Gasteiger partial charge on any atom is 0.347 e. The number of unbranched alkanes of at least 4 members (excludes halogenated alkanes) is 5. The van der Waals surface area contributed by atoms with E-state index < -0.39 is 5.97 Å². The van der Waals surface area contributed by atoms with Crippen LogP contribution in [0.2, 0.25) is 0 Å². The summed E-state index contributed by atoms with van der Waals surface area (Å²) < 4.78 is 16.8. The second-order valence-corrected chi connectivity index (χ2v) is 11.7. The molecule has 4 aromatic carbocycles. The third-order valence-corrected chi connectivity index (χ3v) is 7.98. The molecule has 0 bridgehead atoms. The second kappa shape index (κ2) is 22.2. The van der Waals surface area contributed by atoms with Crippen LogP contribution in [0.4, 0.5) is 5.69 Å². The normalized spacial score (nSPS) is 10.3. The number of hydrogen-bond acceptors (Lipinski definition) is 7. The molecule has 2 amide bonds. The van der Waals surface area contributed by atoms with E-state index in [1.165, 1.54) is 25.7 Å². The zero-order valence-electron chi connectivity index (χ0n) is 29.6. The highest BCUT2D eigenvalue weighted by Crippen LogP contribution is 2.23. The fourth-order valence-corrected chi connectivity index (χ4v) is 5.21. The SMILES string of the molecule is CCCCCCCCOc1ccccc1C(=O)Oc1ccc(CN(CC)C(=O)c2ccc(NC(=O)Cc3ccc(OC)cc3)cc2)cc1.O=CO. The number of amides is 2. The van der Waals surface area contributed by atoms with Gasteiger partial charge in [-0.1, -0.05) is 75.4 Å². The molecule has 51 heavy (non-hydrogen) atoms. The first kappa shape index (κ1) is 39.8. The number of nitrogens with zero attached hydrogens (tertiary/aromatic N) is 1. The van der Waals surface area contributed by atoms with Gasteiger partial charge in [-0.05, 0) is 85.1 Å². The van der Waals surface area contributed by atoms with E-state index >= 15 is 0 Å². The van der Waals surface area contributed by atoms with E-state index in [2.05, 4.69) is 12.2 Å². The zero-order chi connectivity index (χ0) is 36.8. The number of anilines is 1. The number of benzene rings is 4. The average molecular weight is 697 g/mol. The van der Waals surface area contributed by atoms with Crippen molar-refractivity contribution in [2.45, 2.75) is 65.3 Å². The van der Waals surface area contributed by atoms with Crippen LogP contribution in [0.1, 0.15) is 84.2 Å². The molecule has 0 aliphatic carbocycles. The lowest BCUT2D eigenvalue weighted by molar-refractivity contribution is -0.123. The van der Waals surface area contributed by atoms with Gasteiger partial charge in [0.05, 0.1) is 20.1 Å². The molecule has 0 radical (unpaired) electrons. The molecular weight excluding hydrogens is 648 g/mol. The highest BCUT2D eigenvalue weighted by Gasteiger charge is 2.17. The number of carboxylic acid groups (broad SMARTS) is 1. The van der Waals surface area contributed by atoms with Crippen LogP contribution in [-0.2, 0) is 22.6 Å². The standard InChI is InChI=1S/C40H46N2O6.CH2O2/c1-4-6-7-8-9-12-27-47-37-14-11-10-13-36(37)40(45)48-35-25-17-31(18-26-35)29-42(5-2)39(44)32-19-21-33(22-20-32)41-38(43)28-30-15-23-34(46-3)24-16-30;2-1-3/h10-11,13-26H,4-9,12,27-29H2,1-3H3,(H,41,43);1H,(H,2,3). The molecule has 4 aromatic rings. The molecule has 270 valence electrons. The average Bonchev–Trinajstić information content (AvgIpc) is 3.15. The molecule has 0 atom stereocenters. The van der Waals surface area contributed by atoms with Gasteiger partial charge in [0.2, 0.25) is 5.91 Å². The van der Waals surface area contributed by atoms with E-state index in [4.69, 9.17) is 24.1 Å². The summed E-state index contributed by atoms with van der Waals surface area (Å²) in [5.74, 6) is 0.917. The van der Waals surface area contributed by atoms with Crippen molar-refractivity contribution in [3.8, 4) is 17.2 Å². The zero-order valence-corrected chi connectivity index (χ0v) is 29.6. The van der Waals surface area contributed by atoms with E-state index in [9.17, 15) is 14.4 Å². The first-order chi connectivity index (χ1) is 24.8. The summed E-state index contributed by atoms with van der Waals surface area (Å²) in [5.41, 5.74) is 3.30. The quantitative estimate of drug-likeness (QED) is 0.0461. The first-order valence-corrected chi connectivity index (χ1v) is 17.2. The van der Waals surface area contributed by atoms with Crippen LogP contribution in [-0.4, -0.2) is 54.5 Å². The van der Waals surface area contributed by atoms with Gasteiger partial charge in [-0.25, -0.2) is 4.79 Å². The Kier molecular flexibility index (Phi) is 17.3. The molecule has 2 N–H and O–H groups in total. The Labute approximate surface area is 300 Å². The number of methoxy groups -OCH3 is 1. The van der Waals surface area contributed by atoms with E-state index in [0.717, 1.165) is 29.7 Å². The molecule has 0 saturated heterocycles. The summed E-state index contributed by atoms with van der Waals surface area (Å²) in [5, 5.41) is 9.77. The summed E-state index contributed by atoms with van der Waals surface area (Å²) in [6.07, 6.45) is 7.21. The van der Waals surface area contributed by atoms with E-state index in [0.29, 0.717) is 48.0 Å². The lowest BCUT2D eigenvalue weighted by Gasteiger charge is -2.21. The number of esters is 1. The molecule has 0 saturated carbocycles. The van der Waals surface area contributed by atoms with Crippen LogP contribution < -0.4 is 19.5 Å². The highest BCUT2D eigenvalue weighted by molar-refractivity contribution is 5.96. The van der Waals surface area contributed by atoms with Crippen molar-refractivity contribution in [2.75, 3.05) is 25.6 Å². The first-order valence-electron chi connectivity index (χ1n) is 17.2. The lowest BCUT2D eigenvalue weighted by Crippen LogP contribution is -2.30. The maximum atomic E-state index is 13.3. The number of ether oxygens (including phenoxy) is 3. The highest BCUT2D eigenvalue weighted by atomic mass is 16.5. The fraction of sp³-hybridized carbons (Fsp3) is 0.317. The summed E-state index contributed by atoms with van der Waals surface area (Å²) in [6, 6.07) is 28.5. The Balaban J connectivity index is 0.00000226. The van der Waals surface area contributed by atoms with Crippen LogP contribution in [0, 0.1) is 0 Å². The van der Waals surface area contributed by atoms with E-state index in [-0.39, 0.29) is 24.7 Å². The van der Waals surface area contributed by atoms with Crippen LogP contribution in [0.5, 0.6) is 17.2 Å². The van der Waals surface area contributed by atoms with Gasteiger partial charge < -0.3 is 29.5 Å². The molecule has 0 spiro atoms. The summed E-state index contributed by atoms with van der Waals surface area (Å²) in [7, 11) is 1.60. The number of carbonyl (C=O) groups is 4. The number of carbonyl (C=O) groups excluding carboxylic acids is 3. The van der Waals surface area contributed by atoms with Crippen LogP contribution in [0.3, 0.4) is 0 Å². The van der Waals surface area contributed by atoms with Gasteiger partial charge in [-0.15, -0.1) is 0 Å². The fourth-order valence-electron chi connectivity index (χ4n) is 5.21. The third-order valence-electron chi connectivity index (χ3n) is 7.98. The minimum Gasteiger partial charge on any atom is -0.497 e. The monoisotopic (exact) mass is 696 g/mol. The van der Waals surface area contributed by atoms with Gasteiger partial charge in [-0.3, -0.25) is 14.4 Å². The smallest absolute Gasteiger partial charge is 0.347 e. The molecule has 0 heterocycles. The minimum absolute atomic E-state index is 0.123. The van der Waals surface area contributed by atoms with Crippen LogP contribution in [0.25, 0.3) is 0 Å². The Morgan fingerprint density at radius 1 is 0.765 bits per heavy atom. The van der Waals surface area contributed by atoms with Crippen molar-refractivity contribution in [2.24, 2.45) is 0 Å². The van der Waals surface area contributed by atoms with Gasteiger partial charge in [0.1, 0.15) is 22.8 Å². The number of para-hydroxylation sites is 1. The topological polar surface area (TPSA) is 131 Å². The predicted octanol–water partition coefficient (Wildman–Crippen LogP) is 8.20. The Morgan fingerprint density at radius 2 is 1.37 bits per heavy atom.